The molecule has 6 heteroatoms. The zero-order valence-corrected chi connectivity index (χ0v) is 12.3. The van der Waals surface area contributed by atoms with Crippen LogP contribution in [0.5, 0.6) is 0 Å². The fourth-order valence-corrected chi connectivity index (χ4v) is 2.31. The molecular weight excluding hydrogens is 270 g/mol. The van der Waals surface area contributed by atoms with Crippen LogP contribution in [0.3, 0.4) is 0 Å². The van der Waals surface area contributed by atoms with E-state index in [0.717, 1.165) is 13.1 Å². The largest absolute Gasteiger partial charge is 0.466 e. The lowest BCUT2D eigenvalue weighted by molar-refractivity contribution is -0.143. The molecular formula is C15H21N3O3. The van der Waals surface area contributed by atoms with Gasteiger partial charge >= 0.3 is 5.97 Å². The summed E-state index contributed by atoms with van der Waals surface area (Å²) in [6.45, 7) is 5.79. The molecule has 1 fully saturated rings. The van der Waals surface area contributed by atoms with Crippen molar-refractivity contribution in [2.24, 2.45) is 0 Å². The summed E-state index contributed by atoms with van der Waals surface area (Å²) in [4.78, 5) is 31.6. The monoisotopic (exact) mass is 291 g/mol. The number of rotatable bonds is 5. The van der Waals surface area contributed by atoms with Crippen molar-refractivity contribution in [3.8, 4) is 0 Å². The van der Waals surface area contributed by atoms with E-state index in [1.165, 1.54) is 0 Å². The van der Waals surface area contributed by atoms with Gasteiger partial charge in [0.1, 0.15) is 5.69 Å². The number of ether oxygens (including phenoxy) is 1. The molecule has 2 heterocycles. The minimum absolute atomic E-state index is 0.0272. The minimum atomic E-state index is -0.163. The zero-order chi connectivity index (χ0) is 15.1. The summed E-state index contributed by atoms with van der Waals surface area (Å²) in [6, 6.07) is 5.34. The number of aromatic nitrogens is 1. The number of amides is 1. The molecule has 21 heavy (non-hydrogen) atoms. The lowest BCUT2D eigenvalue weighted by Crippen LogP contribution is -2.49. The van der Waals surface area contributed by atoms with E-state index in [9.17, 15) is 9.59 Å². The molecule has 0 aromatic carbocycles. The zero-order valence-electron chi connectivity index (χ0n) is 12.3. The summed E-state index contributed by atoms with van der Waals surface area (Å²) in [5, 5.41) is 0. The van der Waals surface area contributed by atoms with Gasteiger partial charge in [-0.15, -0.1) is 0 Å². The summed E-state index contributed by atoms with van der Waals surface area (Å²) >= 11 is 0. The highest BCUT2D eigenvalue weighted by molar-refractivity contribution is 5.92. The molecule has 6 nitrogen and oxygen atoms in total. The molecule has 0 atom stereocenters. The van der Waals surface area contributed by atoms with Crippen LogP contribution < -0.4 is 0 Å². The molecule has 1 amide bonds. The third kappa shape index (κ3) is 4.53. The summed E-state index contributed by atoms with van der Waals surface area (Å²) in [7, 11) is 0. The maximum Gasteiger partial charge on any atom is 0.307 e. The van der Waals surface area contributed by atoms with Crippen LogP contribution in [0, 0.1) is 0 Å². The Morgan fingerprint density at radius 3 is 2.62 bits per heavy atom. The standard InChI is InChI=1S/C15H21N3O3/c1-2-21-14(19)6-8-17-9-11-18(12-10-17)15(20)13-5-3-4-7-16-13/h3-5,7H,2,6,8-12H2,1H3. The van der Waals surface area contributed by atoms with Crippen LogP contribution in [0.1, 0.15) is 23.8 Å². The molecule has 0 spiro atoms. The number of hydrogen-bond donors (Lipinski definition) is 0. The van der Waals surface area contributed by atoms with E-state index in [1.807, 2.05) is 11.0 Å². The number of hydrogen-bond acceptors (Lipinski definition) is 5. The first-order valence-corrected chi connectivity index (χ1v) is 7.29. The van der Waals surface area contributed by atoms with Crippen LogP contribution in [0.4, 0.5) is 0 Å². The Morgan fingerprint density at radius 2 is 2.00 bits per heavy atom. The highest BCUT2D eigenvalue weighted by atomic mass is 16.5. The predicted octanol–water partition coefficient (Wildman–Crippen LogP) is 0.793. The van der Waals surface area contributed by atoms with Gasteiger partial charge in [0.2, 0.25) is 0 Å². The molecule has 1 aromatic heterocycles. The average molecular weight is 291 g/mol. The summed E-state index contributed by atoms with van der Waals surface area (Å²) in [6.07, 6.45) is 2.03. The topological polar surface area (TPSA) is 62.7 Å². The first-order valence-electron chi connectivity index (χ1n) is 7.29. The van der Waals surface area contributed by atoms with Crippen LogP contribution in [0.2, 0.25) is 0 Å². The Hall–Kier alpha value is -1.95. The Balaban J connectivity index is 1.76. The Morgan fingerprint density at radius 1 is 1.24 bits per heavy atom. The fourth-order valence-electron chi connectivity index (χ4n) is 2.31. The van der Waals surface area contributed by atoms with Gasteiger partial charge in [-0.2, -0.15) is 0 Å². The van der Waals surface area contributed by atoms with Crippen molar-refractivity contribution in [1.29, 1.82) is 0 Å². The van der Waals surface area contributed by atoms with Gasteiger partial charge in [0.15, 0.2) is 0 Å². The third-order valence-corrected chi connectivity index (χ3v) is 3.48. The van der Waals surface area contributed by atoms with Crippen LogP contribution in [0.15, 0.2) is 24.4 Å². The second-order valence-corrected chi connectivity index (χ2v) is 4.90. The van der Waals surface area contributed by atoms with Crippen molar-refractivity contribution in [3.05, 3.63) is 30.1 Å². The Kier molecular flexibility index (Phi) is 5.68. The quantitative estimate of drug-likeness (QED) is 0.751. The van der Waals surface area contributed by atoms with Gasteiger partial charge in [0, 0.05) is 38.9 Å². The number of esters is 1. The summed E-state index contributed by atoms with van der Waals surface area (Å²) in [5.41, 5.74) is 0.484. The van der Waals surface area contributed by atoms with Gasteiger partial charge < -0.3 is 9.64 Å². The van der Waals surface area contributed by atoms with Gasteiger partial charge in [0.25, 0.3) is 5.91 Å². The third-order valence-electron chi connectivity index (χ3n) is 3.48. The highest BCUT2D eigenvalue weighted by Gasteiger charge is 2.22. The molecule has 0 N–H and O–H groups in total. The van der Waals surface area contributed by atoms with Gasteiger partial charge in [-0.05, 0) is 19.1 Å². The maximum absolute atomic E-state index is 12.2. The first-order chi connectivity index (χ1) is 10.2. The number of carbonyl (C=O) groups excluding carboxylic acids is 2. The molecule has 1 aromatic rings. The maximum atomic E-state index is 12.2. The molecule has 0 aliphatic carbocycles. The number of nitrogens with zero attached hydrogens (tertiary/aromatic N) is 3. The number of carbonyl (C=O) groups is 2. The van der Waals surface area contributed by atoms with Gasteiger partial charge in [0.05, 0.1) is 13.0 Å². The molecule has 1 aliphatic heterocycles. The van der Waals surface area contributed by atoms with Crippen LogP contribution in [-0.4, -0.2) is 66.0 Å². The van der Waals surface area contributed by atoms with E-state index >= 15 is 0 Å². The number of piperazine rings is 1. The van der Waals surface area contributed by atoms with E-state index in [4.69, 9.17) is 4.74 Å². The van der Waals surface area contributed by atoms with Crippen molar-refractivity contribution < 1.29 is 14.3 Å². The normalized spacial score (nSPS) is 15.8. The van der Waals surface area contributed by atoms with Gasteiger partial charge in [-0.3, -0.25) is 19.5 Å². The molecule has 1 saturated heterocycles. The van der Waals surface area contributed by atoms with Crippen molar-refractivity contribution in [2.45, 2.75) is 13.3 Å². The van der Waals surface area contributed by atoms with Crippen molar-refractivity contribution in [2.75, 3.05) is 39.3 Å². The molecule has 0 unspecified atom stereocenters. The molecule has 0 saturated carbocycles. The van der Waals surface area contributed by atoms with E-state index in [-0.39, 0.29) is 11.9 Å². The number of pyridine rings is 1. The smallest absolute Gasteiger partial charge is 0.307 e. The lowest BCUT2D eigenvalue weighted by atomic mass is 10.2. The van der Waals surface area contributed by atoms with Crippen molar-refractivity contribution in [1.82, 2.24) is 14.8 Å². The highest BCUT2D eigenvalue weighted by Crippen LogP contribution is 2.07. The van der Waals surface area contributed by atoms with Crippen molar-refractivity contribution in [3.63, 3.8) is 0 Å². The molecule has 2 rings (SSSR count). The lowest BCUT2D eigenvalue weighted by Gasteiger charge is -2.34. The van der Waals surface area contributed by atoms with Gasteiger partial charge in [-0.1, -0.05) is 6.07 Å². The molecule has 114 valence electrons. The van der Waals surface area contributed by atoms with E-state index < -0.39 is 0 Å². The molecule has 1 aliphatic rings. The van der Waals surface area contributed by atoms with E-state index in [1.54, 1.807) is 25.3 Å². The Bertz CT molecular complexity index is 470. The Labute approximate surface area is 124 Å². The SMILES string of the molecule is CCOC(=O)CCN1CCN(C(=O)c2ccccn2)CC1. The average Bonchev–Trinajstić information content (AvgIpc) is 2.54. The van der Waals surface area contributed by atoms with Crippen LogP contribution >= 0.6 is 0 Å². The second-order valence-electron chi connectivity index (χ2n) is 4.90. The molecule has 0 radical (unpaired) electrons. The molecule has 0 bridgehead atoms. The van der Waals surface area contributed by atoms with E-state index in [0.29, 0.717) is 38.4 Å². The van der Waals surface area contributed by atoms with E-state index in [2.05, 4.69) is 9.88 Å². The fraction of sp³-hybridized carbons (Fsp3) is 0.533. The van der Waals surface area contributed by atoms with Crippen molar-refractivity contribution >= 4 is 11.9 Å². The van der Waals surface area contributed by atoms with Crippen LogP contribution in [0.25, 0.3) is 0 Å². The second kappa shape index (κ2) is 7.73. The van der Waals surface area contributed by atoms with Gasteiger partial charge in [-0.25, -0.2) is 0 Å². The summed E-state index contributed by atoms with van der Waals surface area (Å²) < 4.78 is 4.91. The van der Waals surface area contributed by atoms with Crippen LogP contribution in [-0.2, 0) is 9.53 Å². The first kappa shape index (κ1) is 15.4. The minimum Gasteiger partial charge on any atom is -0.466 e. The summed E-state index contributed by atoms with van der Waals surface area (Å²) in [5.74, 6) is -0.190. The predicted molar refractivity (Wildman–Crippen MR) is 77.8 cm³/mol.